The Balaban J connectivity index is 1.06. The maximum Gasteiger partial charge on any atom is 0.302 e. The molecule has 0 radical (unpaired) electrons. The first-order valence-corrected chi connectivity index (χ1v) is 28.0. The predicted octanol–water partition coefficient (Wildman–Crippen LogP) is -4.92. The SMILES string of the molecule is CC(=O)OC[C@H]1O[C@@H](OC/C=C(\C)CC/C=C(\C)CCC[C@H](C)CO[C@@H]2O[C@H](CO)[C@@H](O)[C@H](O[C@@H]3O[C@@H](C)[C@H](O)[C@@H](O)[C@H]3O)[C@H]2O[C@@H]2O[C@@H](C)[C@H](O)[C@@H](O)[C@H]2O)[C@H](O[C@@H]2O[C@@H](C)[C@H](O)[C@@H](O)[C@H]2O)[C@@H](O[C@@H]2O[C@@H](C)[C@H](O)[C@@H](O)[C@H]2O)[C@@H]1O. The van der Waals surface area contributed by atoms with E-state index >= 15 is 0 Å². The van der Waals surface area contributed by atoms with Crippen molar-refractivity contribution in [3.8, 4) is 0 Å². The number of ether oxygens (including phenoxy) is 13. The van der Waals surface area contributed by atoms with Crippen LogP contribution in [0.3, 0.4) is 0 Å². The van der Waals surface area contributed by atoms with Crippen molar-refractivity contribution in [3.05, 3.63) is 23.3 Å². The largest absolute Gasteiger partial charge is 0.463 e. The van der Waals surface area contributed by atoms with Crippen LogP contribution in [0, 0.1) is 5.92 Å². The van der Waals surface area contributed by atoms with Crippen molar-refractivity contribution in [2.45, 2.75) is 272 Å². The molecule has 15 N–H and O–H groups in total. The normalized spacial score (nSPS) is 46.6. The summed E-state index contributed by atoms with van der Waals surface area (Å²) < 4.78 is 76.6. The summed E-state index contributed by atoms with van der Waals surface area (Å²) in [7, 11) is 0. The monoisotopic (exact) mass is 1190 g/mol. The second-order valence-corrected chi connectivity index (χ2v) is 22.5. The molecule has 0 aromatic heterocycles. The van der Waals surface area contributed by atoms with Gasteiger partial charge in [-0.15, -0.1) is 0 Å². The number of carbonyl (C=O) groups excluding carboxylic acids is 1. The van der Waals surface area contributed by atoms with E-state index in [1.54, 1.807) is 6.08 Å². The summed E-state index contributed by atoms with van der Waals surface area (Å²) in [5, 5.41) is 160. The van der Waals surface area contributed by atoms with Gasteiger partial charge in [-0.2, -0.15) is 0 Å². The van der Waals surface area contributed by atoms with Crippen molar-refractivity contribution in [2.24, 2.45) is 5.92 Å². The van der Waals surface area contributed by atoms with Gasteiger partial charge in [0.2, 0.25) is 0 Å². The molecule has 0 bridgehead atoms. The quantitative estimate of drug-likeness (QED) is 0.0318. The molecule has 0 spiro atoms. The Hall–Kier alpha value is -2.13. The standard InChI is InChI=1S/C53H90O29/c1-20(12-10-14-22(3)18-72-53-47(82-51-43(69)39(65)33(59)26(7)76-51)44(34(60)28(17-54)77-53)79-48-40(66)36(62)30(56)23(4)73-48)11-9-13-21(2)15-16-70-52-46(81-50-42(68)38(64)32(58)25(6)75-50)45(35(61)29(78-52)19-71-27(8)55)80-49-41(67)37(63)31(57)24(5)74-49/h11,15,22-26,28-54,56-69H,9-10,12-14,16-19H2,1-8H3/b20-11+,21-15+/t22-,23-,24-,25-,26-,28+,29+,30-,31-,32-,33-,34+,35+,36+,37+,38+,39+,40+,41+,42+,43+,44-,45-,46+,47+,48-,49-,50-,51-,52+,53+/m0/s1. The average molecular weight is 1190 g/mol. The zero-order valence-corrected chi connectivity index (χ0v) is 47.3. The van der Waals surface area contributed by atoms with Gasteiger partial charge in [-0.25, -0.2) is 0 Å². The Kier molecular flexibility index (Phi) is 26.2. The Morgan fingerprint density at radius 3 is 1.24 bits per heavy atom. The summed E-state index contributed by atoms with van der Waals surface area (Å²) in [4.78, 5) is 11.9. The summed E-state index contributed by atoms with van der Waals surface area (Å²) in [6.07, 6.45) is -38.8. The number of esters is 1. The van der Waals surface area contributed by atoms with E-state index in [1.807, 2.05) is 20.8 Å². The second-order valence-electron chi connectivity index (χ2n) is 22.5. The fourth-order valence-corrected chi connectivity index (χ4v) is 10.4. The van der Waals surface area contributed by atoms with Crippen LogP contribution in [0.5, 0.6) is 0 Å². The molecule has 0 aromatic rings. The van der Waals surface area contributed by atoms with Gasteiger partial charge < -0.3 is 138 Å². The van der Waals surface area contributed by atoms with Crippen molar-refractivity contribution in [2.75, 3.05) is 26.4 Å². The molecule has 31 atom stereocenters. The molecule has 476 valence electrons. The van der Waals surface area contributed by atoms with Gasteiger partial charge in [0.1, 0.15) is 129 Å². The molecule has 0 aromatic carbocycles. The summed E-state index contributed by atoms with van der Waals surface area (Å²) in [6.45, 7) is 11.3. The Bertz CT molecular complexity index is 2010. The van der Waals surface area contributed by atoms with Crippen LogP contribution in [0.25, 0.3) is 0 Å². The zero-order valence-electron chi connectivity index (χ0n) is 47.3. The number of hydrogen-bond donors (Lipinski definition) is 15. The van der Waals surface area contributed by atoms with Crippen LogP contribution in [-0.4, -0.2) is 293 Å². The summed E-state index contributed by atoms with van der Waals surface area (Å²) in [5.41, 5.74) is 1.98. The molecule has 6 aliphatic heterocycles. The third kappa shape index (κ3) is 17.1. The zero-order chi connectivity index (χ0) is 60.6. The molecule has 6 heterocycles. The lowest BCUT2D eigenvalue weighted by Gasteiger charge is -2.48. The molecule has 0 aliphatic carbocycles. The lowest BCUT2D eigenvalue weighted by molar-refractivity contribution is -0.390. The molecule has 6 rings (SSSR count). The third-order valence-electron chi connectivity index (χ3n) is 15.8. The molecule has 0 amide bonds. The van der Waals surface area contributed by atoms with Crippen LogP contribution in [0.2, 0.25) is 0 Å². The molecule has 0 saturated carbocycles. The number of hydrogen-bond acceptors (Lipinski definition) is 29. The van der Waals surface area contributed by atoms with Crippen molar-refractivity contribution < 1.29 is 143 Å². The van der Waals surface area contributed by atoms with Crippen LogP contribution in [0.15, 0.2) is 23.3 Å². The summed E-state index contributed by atoms with van der Waals surface area (Å²) in [5.74, 6) is -0.818. The Morgan fingerprint density at radius 1 is 0.451 bits per heavy atom. The minimum absolute atomic E-state index is 0.0474. The van der Waals surface area contributed by atoms with Gasteiger partial charge in [0.05, 0.1) is 44.2 Å². The smallest absolute Gasteiger partial charge is 0.302 e. The first-order chi connectivity index (χ1) is 38.6. The van der Waals surface area contributed by atoms with Gasteiger partial charge in [-0.05, 0) is 79.6 Å². The molecular formula is C53H90O29. The number of aliphatic hydroxyl groups excluding tert-OH is 15. The van der Waals surface area contributed by atoms with Gasteiger partial charge in [0.25, 0.3) is 0 Å². The van der Waals surface area contributed by atoms with E-state index in [9.17, 15) is 81.4 Å². The van der Waals surface area contributed by atoms with E-state index in [1.165, 1.54) is 27.7 Å². The van der Waals surface area contributed by atoms with E-state index < -0.39 is 203 Å². The molecule has 6 aliphatic rings. The van der Waals surface area contributed by atoms with Gasteiger partial charge in [0, 0.05) is 6.92 Å². The highest BCUT2D eigenvalue weighted by molar-refractivity contribution is 5.65. The highest BCUT2D eigenvalue weighted by Crippen LogP contribution is 2.37. The maximum atomic E-state index is 11.9. The van der Waals surface area contributed by atoms with Gasteiger partial charge in [0.15, 0.2) is 37.7 Å². The fraction of sp³-hybridized carbons (Fsp3) is 0.906. The molecule has 6 fully saturated rings. The second kappa shape index (κ2) is 31.2. The Morgan fingerprint density at radius 2 is 0.829 bits per heavy atom. The van der Waals surface area contributed by atoms with E-state index in [4.69, 9.17) is 61.6 Å². The number of carbonyl (C=O) groups is 1. The molecule has 6 saturated heterocycles. The predicted molar refractivity (Wildman–Crippen MR) is 274 cm³/mol. The minimum atomic E-state index is -1.83. The topological polar surface area (TPSA) is 441 Å². The fourth-order valence-electron chi connectivity index (χ4n) is 10.4. The van der Waals surface area contributed by atoms with Crippen molar-refractivity contribution in [1.29, 1.82) is 0 Å². The van der Waals surface area contributed by atoms with Gasteiger partial charge in [-0.3, -0.25) is 4.79 Å². The van der Waals surface area contributed by atoms with Crippen LogP contribution in [0.4, 0.5) is 0 Å². The molecular weight excluding hydrogens is 1100 g/mol. The number of rotatable bonds is 24. The third-order valence-corrected chi connectivity index (χ3v) is 15.8. The van der Waals surface area contributed by atoms with E-state index in [2.05, 4.69) is 6.08 Å². The van der Waals surface area contributed by atoms with Crippen LogP contribution in [0.1, 0.15) is 87.5 Å². The van der Waals surface area contributed by atoms with Crippen molar-refractivity contribution >= 4 is 5.97 Å². The summed E-state index contributed by atoms with van der Waals surface area (Å²) in [6, 6.07) is 0. The van der Waals surface area contributed by atoms with Crippen LogP contribution in [-0.2, 0) is 66.4 Å². The van der Waals surface area contributed by atoms with E-state index in [0.29, 0.717) is 25.7 Å². The summed E-state index contributed by atoms with van der Waals surface area (Å²) >= 11 is 0. The van der Waals surface area contributed by atoms with Crippen molar-refractivity contribution in [3.63, 3.8) is 0 Å². The van der Waals surface area contributed by atoms with Gasteiger partial charge >= 0.3 is 5.97 Å². The molecule has 82 heavy (non-hydrogen) atoms. The van der Waals surface area contributed by atoms with E-state index in [0.717, 1.165) is 24.5 Å². The lowest BCUT2D eigenvalue weighted by atomic mass is 9.96. The van der Waals surface area contributed by atoms with Crippen molar-refractivity contribution in [1.82, 2.24) is 0 Å². The first kappa shape index (κ1) is 69.0. The van der Waals surface area contributed by atoms with E-state index in [-0.39, 0.29) is 19.1 Å². The highest BCUT2D eigenvalue weighted by Gasteiger charge is 2.56. The first-order valence-electron chi connectivity index (χ1n) is 28.0. The minimum Gasteiger partial charge on any atom is -0.463 e. The number of allylic oxidation sites excluding steroid dienone is 3. The maximum absolute atomic E-state index is 11.9. The Labute approximate surface area is 475 Å². The molecule has 0 unspecified atom stereocenters. The highest BCUT2D eigenvalue weighted by atomic mass is 16.8. The van der Waals surface area contributed by atoms with Gasteiger partial charge in [-0.1, -0.05) is 30.2 Å². The molecule has 29 nitrogen and oxygen atoms in total. The number of aliphatic hydroxyl groups is 15. The van der Waals surface area contributed by atoms with Crippen LogP contribution >= 0.6 is 0 Å². The van der Waals surface area contributed by atoms with Crippen LogP contribution < -0.4 is 0 Å². The average Bonchev–Trinajstić information content (AvgIpc) is 3.44. The molecule has 29 heteroatoms. The lowest BCUT2D eigenvalue weighted by Crippen LogP contribution is -2.66.